The molecule has 4 nitrogen and oxygen atoms in total. The molecule has 20 heavy (non-hydrogen) atoms. The molecule has 0 unspecified atom stereocenters. The van der Waals surface area contributed by atoms with Crippen molar-refractivity contribution < 1.29 is 18.8 Å². The van der Waals surface area contributed by atoms with Crippen LogP contribution in [-0.2, 0) is 0 Å². The summed E-state index contributed by atoms with van der Waals surface area (Å²) in [6.45, 7) is 9.57. The minimum absolute atomic E-state index is 0.0778. The van der Waals surface area contributed by atoms with Crippen molar-refractivity contribution in [3.8, 4) is 0 Å². The molecule has 1 amide bonds. The number of carbonyl (C=O) groups excluding carboxylic acids is 1. The van der Waals surface area contributed by atoms with Gasteiger partial charge in [0.05, 0.1) is 24.7 Å². The molecule has 2 saturated heterocycles. The van der Waals surface area contributed by atoms with Crippen molar-refractivity contribution in [2.45, 2.75) is 64.2 Å². The molecule has 0 N–H and O–H groups in total. The lowest BCUT2D eigenvalue weighted by Crippen LogP contribution is -2.70. The van der Waals surface area contributed by atoms with Gasteiger partial charge in [-0.3, -0.25) is 0 Å². The smallest absolute Gasteiger partial charge is 0.136 e. The molecule has 0 bridgehead atoms. The van der Waals surface area contributed by atoms with E-state index in [0.717, 1.165) is 30.4 Å². The summed E-state index contributed by atoms with van der Waals surface area (Å²) < 4.78 is 14.5. The van der Waals surface area contributed by atoms with Crippen LogP contribution < -0.4 is 5.11 Å². The highest BCUT2D eigenvalue weighted by Crippen LogP contribution is 2.38. The monoisotopic (exact) mass is 286 g/mol. The first kappa shape index (κ1) is 15.5. The summed E-state index contributed by atoms with van der Waals surface area (Å²) in [5.41, 5.74) is 0.0778. The van der Waals surface area contributed by atoms with E-state index in [0.29, 0.717) is 32.0 Å². The van der Waals surface area contributed by atoms with E-state index in [1.54, 1.807) is 0 Å². The van der Waals surface area contributed by atoms with E-state index in [2.05, 4.69) is 20.8 Å². The van der Waals surface area contributed by atoms with Gasteiger partial charge in [-0.05, 0) is 20.8 Å². The zero-order chi connectivity index (χ0) is 15.0. The Labute approximate surface area is 121 Å². The number of likely N-dealkylation sites (tertiary alicyclic amines) is 2. The molecule has 2 rings (SSSR count). The lowest BCUT2D eigenvalue weighted by Gasteiger charge is -2.57. The summed E-state index contributed by atoms with van der Waals surface area (Å²) in [6.07, 6.45) is 1.28. The maximum atomic E-state index is 13.5. The molecule has 0 saturated carbocycles. The number of carbonyl (C=O) groups is 1. The van der Waals surface area contributed by atoms with E-state index in [1.165, 1.54) is 4.90 Å². The van der Waals surface area contributed by atoms with Gasteiger partial charge in [-0.25, -0.2) is 4.39 Å². The number of piperidine rings is 2. The van der Waals surface area contributed by atoms with Crippen molar-refractivity contribution in [1.82, 2.24) is 4.90 Å². The van der Waals surface area contributed by atoms with Gasteiger partial charge >= 0.3 is 0 Å². The number of hydrogen-bond acceptors (Lipinski definition) is 2. The van der Waals surface area contributed by atoms with Crippen LogP contribution in [0.5, 0.6) is 0 Å². The van der Waals surface area contributed by atoms with Crippen LogP contribution in [0.2, 0.25) is 0 Å². The Hall–Kier alpha value is -0.840. The zero-order valence-corrected chi connectivity index (χ0v) is 12.9. The molecule has 0 aromatic heterocycles. The quantitative estimate of drug-likeness (QED) is 0.686. The van der Waals surface area contributed by atoms with Crippen molar-refractivity contribution in [2.24, 2.45) is 0 Å². The molecule has 5 heteroatoms. The Morgan fingerprint density at radius 3 is 2.05 bits per heavy atom. The van der Waals surface area contributed by atoms with Crippen LogP contribution in [0, 0.1) is 0 Å². The standard InChI is InChI=1S/C15H27FN2O2/c1-15(2,3)18(10-6-12(16)7-11-18)13-4-8-17(9-5-13)14(19)20/h12-13H,4-11H2,1-3H3. The van der Waals surface area contributed by atoms with Gasteiger partial charge in [-0.15, -0.1) is 0 Å². The average molecular weight is 286 g/mol. The van der Waals surface area contributed by atoms with Gasteiger partial charge in [0.1, 0.15) is 12.3 Å². The molecule has 2 aliphatic rings. The van der Waals surface area contributed by atoms with Gasteiger partial charge < -0.3 is 19.3 Å². The number of quaternary nitrogens is 1. The molecule has 0 atom stereocenters. The third kappa shape index (κ3) is 2.78. The SMILES string of the molecule is CC(C)(C)[N+]1(C2CCN(C(=O)[O-])CC2)CCC(F)CC1. The highest BCUT2D eigenvalue weighted by molar-refractivity contribution is 5.62. The van der Waals surface area contributed by atoms with Crippen LogP contribution in [0.1, 0.15) is 46.5 Å². The molecule has 0 radical (unpaired) electrons. The van der Waals surface area contributed by atoms with Crippen molar-refractivity contribution in [1.29, 1.82) is 0 Å². The molecule has 0 aromatic rings. The number of rotatable bonds is 1. The number of carboxylic acid groups (broad SMARTS) is 1. The molecule has 0 aromatic carbocycles. The van der Waals surface area contributed by atoms with E-state index in [4.69, 9.17) is 0 Å². The number of alkyl halides is 1. The lowest BCUT2D eigenvalue weighted by atomic mass is 9.87. The van der Waals surface area contributed by atoms with Crippen LogP contribution in [0.15, 0.2) is 0 Å². The average Bonchev–Trinajstić information content (AvgIpc) is 2.38. The summed E-state index contributed by atoms with van der Waals surface area (Å²) in [5, 5.41) is 10.9. The fourth-order valence-electron chi connectivity index (χ4n) is 4.12. The summed E-state index contributed by atoms with van der Waals surface area (Å²) in [6, 6.07) is 0.443. The predicted molar refractivity (Wildman–Crippen MR) is 73.9 cm³/mol. The first-order chi connectivity index (χ1) is 9.26. The molecule has 2 heterocycles. The predicted octanol–water partition coefficient (Wildman–Crippen LogP) is 1.54. The maximum Gasteiger partial charge on any atom is 0.136 e. The van der Waals surface area contributed by atoms with Crippen molar-refractivity contribution in [3.05, 3.63) is 0 Å². The second-order valence-corrected chi connectivity index (χ2v) is 7.31. The maximum absolute atomic E-state index is 13.5. The van der Waals surface area contributed by atoms with E-state index in [1.807, 2.05) is 0 Å². The van der Waals surface area contributed by atoms with E-state index in [-0.39, 0.29) is 5.54 Å². The van der Waals surface area contributed by atoms with Gasteiger partial charge in [0.15, 0.2) is 0 Å². The summed E-state index contributed by atoms with van der Waals surface area (Å²) in [5.74, 6) is 0. The highest BCUT2D eigenvalue weighted by atomic mass is 19.1. The fourth-order valence-corrected chi connectivity index (χ4v) is 4.12. The molecule has 2 fully saturated rings. The Morgan fingerprint density at radius 2 is 1.65 bits per heavy atom. The Morgan fingerprint density at radius 1 is 1.15 bits per heavy atom. The van der Waals surface area contributed by atoms with Gasteiger partial charge in [0.2, 0.25) is 0 Å². The van der Waals surface area contributed by atoms with Crippen LogP contribution >= 0.6 is 0 Å². The second-order valence-electron chi connectivity index (χ2n) is 7.31. The van der Waals surface area contributed by atoms with Crippen LogP contribution in [0.3, 0.4) is 0 Å². The van der Waals surface area contributed by atoms with Crippen LogP contribution in [-0.4, -0.2) is 59.4 Å². The zero-order valence-electron chi connectivity index (χ0n) is 12.9. The minimum atomic E-state index is -1.06. The van der Waals surface area contributed by atoms with E-state index in [9.17, 15) is 14.3 Å². The van der Waals surface area contributed by atoms with Crippen molar-refractivity contribution in [2.75, 3.05) is 26.2 Å². The lowest BCUT2D eigenvalue weighted by molar-refractivity contribution is -0.997. The van der Waals surface area contributed by atoms with E-state index < -0.39 is 12.3 Å². The van der Waals surface area contributed by atoms with Gasteiger partial charge in [0.25, 0.3) is 0 Å². The molecule has 2 aliphatic heterocycles. The minimum Gasteiger partial charge on any atom is -0.530 e. The Kier molecular flexibility index (Phi) is 4.28. The number of amides is 1. The summed E-state index contributed by atoms with van der Waals surface area (Å²) in [4.78, 5) is 12.3. The summed E-state index contributed by atoms with van der Waals surface area (Å²) in [7, 11) is 0. The third-order valence-corrected chi connectivity index (χ3v) is 5.44. The first-order valence-corrected chi connectivity index (χ1v) is 7.73. The second kappa shape index (κ2) is 5.51. The van der Waals surface area contributed by atoms with Gasteiger partial charge in [-0.2, -0.15) is 0 Å². The first-order valence-electron chi connectivity index (χ1n) is 7.73. The molecule has 116 valence electrons. The third-order valence-electron chi connectivity index (χ3n) is 5.44. The van der Waals surface area contributed by atoms with Crippen LogP contribution in [0.4, 0.5) is 9.18 Å². The van der Waals surface area contributed by atoms with Crippen molar-refractivity contribution >= 4 is 6.09 Å². The van der Waals surface area contributed by atoms with Crippen molar-refractivity contribution in [3.63, 3.8) is 0 Å². The van der Waals surface area contributed by atoms with Gasteiger partial charge in [0, 0.05) is 38.8 Å². The molecule has 0 spiro atoms. The number of nitrogens with zero attached hydrogens (tertiary/aromatic N) is 2. The number of hydrogen-bond donors (Lipinski definition) is 0. The normalized spacial score (nSPS) is 33.2. The highest BCUT2D eigenvalue weighted by Gasteiger charge is 2.49. The Bertz CT molecular complexity index is 351. The topological polar surface area (TPSA) is 43.4 Å². The molecular formula is C15H27FN2O2. The fraction of sp³-hybridized carbons (Fsp3) is 0.933. The Balaban J connectivity index is 2.11. The molecular weight excluding hydrogens is 259 g/mol. The molecule has 0 aliphatic carbocycles. The van der Waals surface area contributed by atoms with Crippen LogP contribution in [0.25, 0.3) is 0 Å². The van der Waals surface area contributed by atoms with Gasteiger partial charge in [-0.1, -0.05) is 0 Å². The summed E-state index contributed by atoms with van der Waals surface area (Å²) >= 11 is 0. The van der Waals surface area contributed by atoms with E-state index >= 15 is 0 Å². The number of halogens is 1. The largest absolute Gasteiger partial charge is 0.530 e.